The molecular weight excluding hydrogens is 509 g/mol. The van der Waals surface area contributed by atoms with Crippen molar-refractivity contribution in [3.8, 4) is 22.8 Å². The topological polar surface area (TPSA) is 65.5 Å². The number of nitrogens with zero attached hydrogens (tertiary/aromatic N) is 2. The van der Waals surface area contributed by atoms with Crippen LogP contribution in [0.4, 0.5) is 0 Å². The number of rotatable bonds is 12. The summed E-state index contributed by atoms with van der Waals surface area (Å²) in [6, 6.07) is 20.5. The zero-order valence-corrected chi connectivity index (χ0v) is 23.5. The predicted octanol–water partition coefficient (Wildman–Crippen LogP) is 6.16. The lowest BCUT2D eigenvalue weighted by Gasteiger charge is -2.25. The van der Waals surface area contributed by atoms with Gasteiger partial charge in [-0.3, -0.25) is 0 Å². The highest BCUT2D eigenvalue weighted by Gasteiger charge is 2.33. The summed E-state index contributed by atoms with van der Waals surface area (Å²) in [6.45, 7) is 7.47. The van der Waals surface area contributed by atoms with Gasteiger partial charge in [-0.05, 0) is 43.0 Å². The van der Waals surface area contributed by atoms with Gasteiger partial charge in [0, 0.05) is 43.7 Å². The Bertz CT molecular complexity index is 1050. The zero-order chi connectivity index (χ0) is 24.5. The van der Waals surface area contributed by atoms with Gasteiger partial charge in [-0.25, -0.2) is 0 Å². The average Bonchev–Trinajstić information content (AvgIpc) is 3.36. The van der Waals surface area contributed by atoms with Crippen LogP contribution in [0, 0.1) is 11.8 Å². The average molecular weight is 549 g/mol. The molecule has 4 rings (SSSR count). The minimum atomic E-state index is 0. The van der Waals surface area contributed by atoms with Crippen LogP contribution in [0.3, 0.4) is 0 Å². The molecule has 0 amide bonds. The molecule has 1 aromatic heterocycles. The first-order valence-corrected chi connectivity index (χ1v) is 12.7. The van der Waals surface area contributed by atoms with Gasteiger partial charge in [-0.2, -0.15) is 5.10 Å². The summed E-state index contributed by atoms with van der Waals surface area (Å²) in [7, 11) is 1.76. The van der Waals surface area contributed by atoms with Crippen LogP contribution >= 0.6 is 24.8 Å². The fourth-order valence-corrected chi connectivity index (χ4v) is 4.68. The molecule has 1 aliphatic heterocycles. The Morgan fingerprint density at radius 2 is 1.76 bits per heavy atom. The van der Waals surface area contributed by atoms with Gasteiger partial charge in [0.15, 0.2) is 0 Å². The van der Waals surface area contributed by atoms with E-state index in [0.717, 1.165) is 67.1 Å². The van der Waals surface area contributed by atoms with Crippen LogP contribution in [-0.2, 0) is 17.8 Å². The SMILES string of the molecule is CCCCc1nnc(OC(C)C2CNCC2COC)cc1-c1ccc(OCc2ccccc2)cc1.Cl.Cl. The van der Waals surface area contributed by atoms with Crippen LogP contribution in [0.15, 0.2) is 60.7 Å². The van der Waals surface area contributed by atoms with Crippen molar-refractivity contribution in [1.29, 1.82) is 0 Å². The quantitative estimate of drug-likeness (QED) is 0.293. The smallest absolute Gasteiger partial charge is 0.234 e. The van der Waals surface area contributed by atoms with Crippen LogP contribution in [0.5, 0.6) is 11.6 Å². The molecule has 0 spiro atoms. The molecule has 3 atom stereocenters. The lowest BCUT2D eigenvalue weighted by molar-refractivity contribution is 0.0811. The number of ether oxygens (including phenoxy) is 3. The molecule has 2 aromatic carbocycles. The largest absolute Gasteiger partial charge is 0.489 e. The second-order valence-electron chi connectivity index (χ2n) is 9.31. The highest BCUT2D eigenvalue weighted by molar-refractivity contribution is 5.85. The molecule has 1 N–H and O–H groups in total. The van der Waals surface area contributed by atoms with E-state index in [9.17, 15) is 0 Å². The summed E-state index contributed by atoms with van der Waals surface area (Å²) in [4.78, 5) is 0. The number of unbranched alkanes of at least 4 members (excludes halogenated alkanes) is 1. The van der Waals surface area contributed by atoms with Crippen LogP contribution in [-0.4, -0.2) is 43.1 Å². The molecule has 202 valence electrons. The Hall–Kier alpha value is -2.38. The molecule has 0 bridgehead atoms. The maximum Gasteiger partial charge on any atom is 0.234 e. The van der Waals surface area contributed by atoms with Crippen molar-refractivity contribution in [2.75, 3.05) is 26.8 Å². The van der Waals surface area contributed by atoms with E-state index in [4.69, 9.17) is 14.2 Å². The van der Waals surface area contributed by atoms with Gasteiger partial charge < -0.3 is 19.5 Å². The molecule has 0 saturated carbocycles. The minimum absolute atomic E-state index is 0. The molecule has 1 aliphatic rings. The Balaban J connectivity index is 0.00000241. The number of aromatic nitrogens is 2. The first kappa shape index (κ1) is 30.8. The molecule has 8 heteroatoms. The van der Waals surface area contributed by atoms with E-state index in [1.165, 1.54) is 0 Å². The summed E-state index contributed by atoms with van der Waals surface area (Å²) < 4.78 is 17.7. The molecule has 2 heterocycles. The van der Waals surface area contributed by atoms with Gasteiger partial charge in [-0.1, -0.05) is 55.8 Å². The van der Waals surface area contributed by atoms with E-state index >= 15 is 0 Å². The van der Waals surface area contributed by atoms with Crippen LogP contribution in [0.1, 0.15) is 37.9 Å². The second-order valence-corrected chi connectivity index (χ2v) is 9.31. The molecule has 37 heavy (non-hydrogen) atoms. The molecule has 0 radical (unpaired) electrons. The maximum atomic E-state index is 6.31. The summed E-state index contributed by atoms with van der Waals surface area (Å²) in [5.41, 5.74) is 4.32. The van der Waals surface area contributed by atoms with Gasteiger partial charge in [0.1, 0.15) is 18.5 Å². The third-order valence-electron chi connectivity index (χ3n) is 6.71. The minimum Gasteiger partial charge on any atom is -0.489 e. The standard InChI is InChI=1S/C29H37N3O3.2ClH/c1-4-5-11-28-26(23-12-14-25(15-13-23)34-19-22-9-7-6-8-10-22)16-29(32-31-28)35-21(2)27-18-30-17-24(27)20-33-3;;/h6-10,12-16,21,24,27,30H,4-5,11,17-20H2,1-3H3;2*1H. The Kier molecular flexibility index (Phi) is 13.1. The highest BCUT2D eigenvalue weighted by atomic mass is 35.5. The van der Waals surface area contributed by atoms with E-state index in [1.54, 1.807) is 7.11 Å². The number of hydrogen-bond acceptors (Lipinski definition) is 6. The lowest BCUT2D eigenvalue weighted by atomic mass is 9.92. The molecule has 6 nitrogen and oxygen atoms in total. The third kappa shape index (κ3) is 8.57. The van der Waals surface area contributed by atoms with Gasteiger partial charge in [0.25, 0.3) is 0 Å². The number of methoxy groups -OCH3 is 1. The van der Waals surface area contributed by atoms with Crippen molar-refractivity contribution < 1.29 is 14.2 Å². The number of nitrogens with one attached hydrogen (secondary N) is 1. The van der Waals surface area contributed by atoms with Crippen LogP contribution in [0.2, 0.25) is 0 Å². The third-order valence-corrected chi connectivity index (χ3v) is 6.71. The summed E-state index contributed by atoms with van der Waals surface area (Å²) in [5.74, 6) is 2.23. The molecule has 1 fully saturated rings. The van der Waals surface area contributed by atoms with Gasteiger partial charge in [-0.15, -0.1) is 29.9 Å². The molecule has 3 aromatic rings. The van der Waals surface area contributed by atoms with Crippen molar-refractivity contribution >= 4 is 24.8 Å². The fourth-order valence-electron chi connectivity index (χ4n) is 4.68. The van der Waals surface area contributed by atoms with E-state index in [2.05, 4.69) is 53.6 Å². The van der Waals surface area contributed by atoms with Crippen LogP contribution < -0.4 is 14.8 Å². The van der Waals surface area contributed by atoms with Crippen molar-refractivity contribution in [3.05, 3.63) is 71.9 Å². The molecule has 1 saturated heterocycles. The van der Waals surface area contributed by atoms with E-state index in [-0.39, 0.29) is 30.9 Å². The van der Waals surface area contributed by atoms with Crippen molar-refractivity contribution in [1.82, 2.24) is 15.5 Å². The number of hydrogen-bond donors (Lipinski definition) is 1. The first-order chi connectivity index (χ1) is 17.2. The monoisotopic (exact) mass is 547 g/mol. The van der Waals surface area contributed by atoms with Gasteiger partial charge in [0.05, 0.1) is 12.3 Å². The second kappa shape index (κ2) is 15.8. The van der Waals surface area contributed by atoms with Crippen molar-refractivity contribution in [2.45, 2.75) is 45.8 Å². The number of benzene rings is 2. The van der Waals surface area contributed by atoms with Gasteiger partial charge in [0.2, 0.25) is 5.88 Å². The number of halogens is 2. The molecule has 0 aliphatic carbocycles. The molecule has 3 unspecified atom stereocenters. The van der Waals surface area contributed by atoms with E-state index < -0.39 is 0 Å². The van der Waals surface area contributed by atoms with Crippen molar-refractivity contribution in [2.24, 2.45) is 11.8 Å². The van der Waals surface area contributed by atoms with E-state index in [1.807, 2.05) is 36.4 Å². The summed E-state index contributed by atoms with van der Waals surface area (Å²) in [6.07, 6.45) is 3.09. The Morgan fingerprint density at radius 1 is 1.00 bits per heavy atom. The number of aryl methyl sites for hydroxylation is 1. The maximum absolute atomic E-state index is 6.31. The Morgan fingerprint density at radius 3 is 2.46 bits per heavy atom. The van der Waals surface area contributed by atoms with Crippen LogP contribution in [0.25, 0.3) is 11.1 Å². The summed E-state index contributed by atoms with van der Waals surface area (Å²) >= 11 is 0. The van der Waals surface area contributed by atoms with Gasteiger partial charge >= 0.3 is 0 Å². The normalized spacial score (nSPS) is 17.4. The van der Waals surface area contributed by atoms with E-state index in [0.29, 0.717) is 24.3 Å². The Labute approximate surface area is 233 Å². The lowest BCUT2D eigenvalue weighted by Crippen LogP contribution is -2.32. The zero-order valence-electron chi connectivity index (χ0n) is 21.9. The molecular formula is C29H39Cl2N3O3. The summed E-state index contributed by atoms with van der Waals surface area (Å²) in [5, 5.41) is 12.5. The predicted molar refractivity (Wildman–Crippen MR) is 153 cm³/mol. The fraction of sp³-hybridized carbons (Fsp3) is 0.448. The van der Waals surface area contributed by atoms with Crippen molar-refractivity contribution in [3.63, 3.8) is 0 Å². The first-order valence-electron chi connectivity index (χ1n) is 12.7. The highest BCUT2D eigenvalue weighted by Crippen LogP contribution is 2.30.